The van der Waals surface area contributed by atoms with Crippen molar-refractivity contribution in [1.29, 1.82) is 0 Å². The second kappa shape index (κ2) is 15.5. The monoisotopic (exact) mass is 671 g/mol. The van der Waals surface area contributed by atoms with Gasteiger partial charge in [-0.3, -0.25) is 24.5 Å². The maximum absolute atomic E-state index is 14.5. The molecular formula is C36H45N7O6. The predicted molar refractivity (Wildman–Crippen MR) is 183 cm³/mol. The summed E-state index contributed by atoms with van der Waals surface area (Å²) in [6, 6.07) is 12.1. The number of urea groups is 1. The number of anilines is 1. The van der Waals surface area contributed by atoms with Gasteiger partial charge in [0.25, 0.3) is 17.7 Å². The summed E-state index contributed by atoms with van der Waals surface area (Å²) >= 11 is 0. The molecule has 6 amide bonds. The number of aryl methyl sites for hydroxylation is 1. The number of benzene rings is 2. The SMILES string of the molecule is CCCCN(CCCC)C(=O)c1cc(C)n(-c2ccc(NC(=O)C(C)C3NC(=O)NC3=O)cc2C(=O)N2Cc3ccccc3C[C@H]2CO)n1. The van der Waals surface area contributed by atoms with Crippen molar-refractivity contribution < 1.29 is 29.1 Å². The van der Waals surface area contributed by atoms with E-state index in [1.807, 2.05) is 36.1 Å². The molecule has 13 nitrogen and oxygen atoms in total. The summed E-state index contributed by atoms with van der Waals surface area (Å²) in [7, 11) is 0. The Balaban J connectivity index is 1.52. The number of carbonyl (C=O) groups is 5. The first-order valence-corrected chi connectivity index (χ1v) is 17.0. The highest BCUT2D eigenvalue weighted by atomic mass is 16.3. The molecule has 2 unspecified atom stereocenters. The van der Waals surface area contributed by atoms with Crippen LogP contribution in [0.1, 0.15) is 84.1 Å². The van der Waals surface area contributed by atoms with Gasteiger partial charge in [-0.05, 0) is 61.6 Å². The van der Waals surface area contributed by atoms with Crippen LogP contribution in [0.5, 0.6) is 0 Å². The van der Waals surface area contributed by atoms with Crippen LogP contribution in [0.25, 0.3) is 5.69 Å². The average molecular weight is 672 g/mol. The summed E-state index contributed by atoms with van der Waals surface area (Å²) in [5.41, 5.74) is 3.84. The van der Waals surface area contributed by atoms with E-state index < -0.39 is 35.8 Å². The van der Waals surface area contributed by atoms with Crippen LogP contribution in [0.2, 0.25) is 0 Å². The molecule has 0 spiro atoms. The quantitative estimate of drug-likeness (QED) is 0.202. The second-order valence-electron chi connectivity index (χ2n) is 12.8. The topological polar surface area (TPSA) is 166 Å². The Morgan fingerprint density at radius 1 is 1.04 bits per heavy atom. The second-order valence-corrected chi connectivity index (χ2v) is 12.8. The van der Waals surface area contributed by atoms with Crippen LogP contribution >= 0.6 is 0 Å². The number of imide groups is 1. The van der Waals surface area contributed by atoms with Crippen molar-refractivity contribution in [3.05, 3.63) is 76.6 Å². The number of rotatable bonds is 13. The minimum absolute atomic E-state index is 0.175. The summed E-state index contributed by atoms with van der Waals surface area (Å²) in [6.07, 6.45) is 4.13. The van der Waals surface area contributed by atoms with E-state index in [1.54, 1.807) is 33.8 Å². The maximum atomic E-state index is 14.5. The van der Waals surface area contributed by atoms with E-state index in [9.17, 15) is 29.1 Å². The number of carbonyl (C=O) groups excluding carboxylic acids is 5. The Bertz CT molecular complexity index is 1730. The van der Waals surface area contributed by atoms with Gasteiger partial charge in [-0.25, -0.2) is 9.48 Å². The molecule has 0 aliphatic carbocycles. The normalized spacial score (nSPS) is 17.6. The van der Waals surface area contributed by atoms with Gasteiger partial charge >= 0.3 is 6.03 Å². The number of unbranched alkanes of at least 4 members (excludes halogenated alkanes) is 2. The van der Waals surface area contributed by atoms with E-state index in [2.05, 4.69) is 29.8 Å². The molecule has 4 N–H and O–H groups in total. The Kier molecular flexibility index (Phi) is 11.1. The molecule has 260 valence electrons. The van der Waals surface area contributed by atoms with E-state index >= 15 is 0 Å². The van der Waals surface area contributed by atoms with Crippen LogP contribution in [0.3, 0.4) is 0 Å². The molecule has 3 heterocycles. The lowest BCUT2D eigenvalue weighted by molar-refractivity contribution is -0.127. The van der Waals surface area contributed by atoms with Crippen molar-refractivity contribution in [1.82, 2.24) is 30.2 Å². The standard InChI is InChI=1S/C36H45N7O6/c1-5-7-15-41(16-8-6-2)35(48)29-17-22(3)43(40-29)30-14-13-26(37-32(45)23(4)31-33(46)39-36(49)38-31)19-28(30)34(47)42-20-25-12-10-9-11-24(25)18-27(42)21-44/h9-14,17,19,23,27,31,44H,5-8,15-16,18,20-21H2,1-4H3,(H,37,45)(H2,38,39,46,49)/t23?,27-,31?/m0/s1. The van der Waals surface area contributed by atoms with Gasteiger partial charge < -0.3 is 25.5 Å². The Morgan fingerprint density at radius 3 is 2.37 bits per heavy atom. The van der Waals surface area contributed by atoms with Gasteiger partial charge in [0.2, 0.25) is 5.91 Å². The summed E-state index contributed by atoms with van der Waals surface area (Å²) in [6.45, 7) is 8.78. The van der Waals surface area contributed by atoms with Crippen molar-refractivity contribution in [2.75, 3.05) is 25.0 Å². The molecule has 0 radical (unpaired) electrons. The van der Waals surface area contributed by atoms with Gasteiger partial charge in [-0.15, -0.1) is 0 Å². The lowest BCUT2D eigenvalue weighted by atomic mass is 9.93. The largest absolute Gasteiger partial charge is 0.394 e. The van der Waals surface area contributed by atoms with E-state index in [-0.39, 0.29) is 41.9 Å². The van der Waals surface area contributed by atoms with Gasteiger partial charge in [0.15, 0.2) is 5.69 Å². The Labute approximate surface area is 286 Å². The third-order valence-corrected chi connectivity index (χ3v) is 9.23. The molecular weight excluding hydrogens is 626 g/mol. The van der Waals surface area contributed by atoms with Gasteiger partial charge in [-0.2, -0.15) is 5.10 Å². The van der Waals surface area contributed by atoms with Crippen LogP contribution in [0, 0.1) is 12.8 Å². The molecule has 1 aromatic heterocycles. The fraction of sp³-hybridized carbons (Fsp3) is 0.444. The molecule has 0 saturated carbocycles. The summed E-state index contributed by atoms with van der Waals surface area (Å²) < 4.78 is 1.57. The Hall–Kier alpha value is -5.04. The predicted octanol–water partition coefficient (Wildman–Crippen LogP) is 3.57. The van der Waals surface area contributed by atoms with Crippen LogP contribution in [0.4, 0.5) is 10.5 Å². The highest BCUT2D eigenvalue weighted by Gasteiger charge is 2.38. The zero-order chi connectivity index (χ0) is 35.2. The first-order chi connectivity index (χ1) is 23.6. The van der Waals surface area contributed by atoms with Crippen molar-refractivity contribution in [3.8, 4) is 5.69 Å². The molecule has 13 heteroatoms. The summed E-state index contributed by atoms with van der Waals surface area (Å²) in [5, 5.41) is 22.4. The van der Waals surface area contributed by atoms with E-state index in [0.717, 1.165) is 36.8 Å². The third kappa shape index (κ3) is 7.67. The number of fused-ring (bicyclic) bond motifs is 1. The van der Waals surface area contributed by atoms with Crippen molar-refractivity contribution >= 4 is 35.3 Å². The van der Waals surface area contributed by atoms with E-state index in [0.29, 0.717) is 30.9 Å². The molecule has 2 aromatic carbocycles. The number of aromatic nitrogens is 2. The number of hydrogen-bond acceptors (Lipinski definition) is 7. The van der Waals surface area contributed by atoms with Gasteiger partial charge in [0.1, 0.15) is 6.04 Å². The molecule has 3 atom stereocenters. The zero-order valence-corrected chi connectivity index (χ0v) is 28.5. The number of amides is 6. The van der Waals surface area contributed by atoms with Crippen LogP contribution in [0.15, 0.2) is 48.5 Å². The average Bonchev–Trinajstić information content (AvgIpc) is 3.66. The van der Waals surface area contributed by atoms with Crippen molar-refractivity contribution in [2.45, 2.75) is 78.4 Å². The minimum Gasteiger partial charge on any atom is -0.394 e. The van der Waals surface area contributed by atoms with Crippen LogP contribution in [-0.2, 0) is 22.6 Å². The van der Waals surface area contributed by atoms with Crippen LogP contribution in [-0.4, -0.2) is 86.1 Å². The van der Waals surface area contributed by atoms with Crippen molar-refractivity contribution in [2.24, 2.45) is 5.92 Å². The molecule has 1 fully saturated rings. The van der Waals surface area contributed by atoms with E-state index in [4.69, 9.17) is 5.10 Å². The minimum atomic E-state index is -1.04. The van der Waals surface area contributed by atoms with Gasteiger partial charge in [0, 0.05) is 31.0 Å². The van der Waals surface area contributed by atoms with Crippen molar-refractivity contribution in [3.63, 3.8) is 0 Å². The first-order valence-electron chi connectivity index (χ1n) is 17.0. The smallest absolute Gasteiger partial charge is 0.322 e. The number of aliphatic hydroxyl groups is 1. The molecule has 1 saturated heterocycles. The summed E-state index contributed by atoms with van der Waals surface area (Å²) in [4.78, 5) is 68.7. The van der Waals surface area contributed by atoms with Gasteiger partial charge in [-0.1, -0.05) is 57.9 Å². The number of hydrogen-bond donors (Lipinski definition) is 4. The highest BCUT2D eigenvalue weighted by molar-refractivity contribution is 6.08. The lowest BCUT2D eigenvalue weighted by Crippen LogP contribution is -2.46. The molecule has 0 bridgehead atoms. The first kappa shape index (κ1) is 35.3. The zero-order valence-electron chi connectivity index (χ0n) is 28.5. The molecule has 5 rings (SSSR count). The molecule has 2 aliphatic heterocycles. The molecule has 2 aliphatic rings. The lowest BCUT2D eigenvalue weighted by Gasteiger charge is -2.36. The maximum Gasteiger partial charge on any atom is 0.322 e. The molecule has 49 heavy (non-hydrogen) atoms. The summed E-state index contributed by atoms with van der Waals surface area (Å²) in [5.74, 6) is -2.60. The molecule has 3 aromatic rings. The fourth-order valence-electron chi connectivity index (χ4n) is 6.30. The highest BCUT2D eigenvalue weighted by Crippen LogP contribution is 2.29. The Morgan fingerprint density at radius 2 is 1.73 bits per heavy atom. The number of aliphatic hydroxyl groups excluding tert-OH is 1. The third-order valence-electron chi connectivity index (χ3n) is 9.23. The van der Waals surface area contributed by atoms with Crippen LogP contribution < -0.4 is 16.0 Å². The number of nitrogens with zero attached hydrogens (tertiary/aromatic N) is 4. The number of nitrogens with one attached hydrogen (secondary N) is 3. The van der Waals surface area contributed by atoms with Gasteiger partial charge in [0.05, 0.1) is 29.8 Å². The fourth-order valence-corrected chi connectivity index (χ4v) is 6.30. The van der Waals surface area contributed by atoms with E-state index in [1.165, 1.54) is 6.92 Å².